The number of hydrogen-bond acceptors (Lipinski definition) is 10. The number of benzene rings is 1. The van der Waals surface area contributed by atoms with Gasteiger partial charge in [0.25, 0.3) is 0 Å². The molecule has 0 bridgehead atoms. The number of hydrogen-bond donors (Lipinski definition) is 9. The first-order valence-electron chi connectivity index (χ1n) is 13.6. The first kappa shape index (κ1) is 34.6. The fourth-order valence-corrected chi connectivity index (χ4v) is 4.51. The highest BCUT2D eigenvalue weighted by molar-refractivity contribution is 5.95. The minimum Gasteiger partial charge on any atom is -0.394 e. The summed E-state index contributed by atoms with van der Waals surface area (Å²) in [7, 11) is 0. The summed E-state index contributed by atoms with van der Waals surface area (Å²) in [5, 5.41) is 40.3. The van der Waals surface area contributed by atoms with E-state index >= 15 is 0 Å². The van der Waals surface area contributed by atoms with Gasteiger partial charge in [0.1, 0.15) is 36.4 Å². The highest BCUT2D eigenvalue weighted by atomic mass is 16.5. The van der Waals surface area contributed by atoms with E-state index in [0.29, 0.717) is 12.0 Å². The van der Waals surface area contributed by atoms with Crippen LogP contribution < -0.4 is 32.7 Å². The SMILES string of the molecule is CC(=O)N[C@H]1[C@H](O)[C@@H](O)[C@H](CO)O[C@@H]1NC(=O)[C@H](Cc1ccccc1)NC(=O)[C@H](CC(N)=O)NC(=O)[C@@H](N)CC(C)C. The number of ether oxygens (including phenoxy) is 1. The zero-order chi connectivity index (χ0) is 31.6. The molecule has 0 unspecified atom stereocenters. The van der Waals surface area contributed by atoms with Gasteiger partial charge in [0.2, 0.25) is 29.5 Å². The van der Waals surface area contributed by atoms with E-state index in [9.17, 15) is 39.3 Å². The average Bonchev–Trinajstić information content (AvgIpc) is 2.91. The maximum absolute atomic E-state index is 13.5. The lowest BCUT2D eigenvalue weighted by molar-refractivity contribution is -0.203. The van der Waals surface area contributed by atoms with Gasteiger partial charge in [-0.3, -0.25) is 24.0 Å². The molecule has 1 saturated heterocycles. The van der Waals surface area contributed by atoms with Crippen molar-refractivity contribution in [1.29, 1.82) is 0 Å². The maximum atomic E-state index is 13.5. The number of aliphatic hydroxyl groups is 3. The number of carbonyl (C=O) groups excluding carboxylic acids is 5. The third-order valence-corrected chi connectivity index (χ3v) is 6.60. The molecule has 1 fully saturated rings. The van der Waals surface area contributed by atoms with Crippen LogP contribution in [-0.4, -0.2) is 100 Å². The summed E-state index contributed by atoms with van der Waals surface area (Å²) in [6.07, 6.45) is -6.18. The van der Waals surface area contributed by atoms with Crippen LogP contribution in [0.4, 0.5) is 0 Å². The van der Waals surface area contributed by atoms with Gasteiger partial charge in [-0.1, -0.05) is 44.2 Å². The summed E-state index contributed by atoms with van der Waals surface area (Å²) >= 11 is 0. The normalized spacial score (nSPS) is 24.1. The molecule has 11 N–H and O–H groups in total. The van der Waals surface area contributed by atoms with Crippen molar-refractivity contribution in [1.82, 2.24) is 21.3 Å². The second-order valence-corrected chi connectivity index (χ2v) is 10.7. The molecule has 0 aliphatic carbocycles. The predicted molar refractivity (Wildman–Crippen MR) is 149 cm³/mol. The van der Waals surface area contributed by atoms with Crippen molar-refractivity contribution in [3.8, 4) is 0 Å². The molecule has 1 aliphatic rings. The van der Waals surface area contributed by atoms with Gasteiger partial charge in [-0.25, -0.2) is 0 Å². The number of primary amides is 1. The summed E-state index contributed by atoms with van der Waals surface area (Å²) in [5.74, 6) is -3.78. The quantitative estimate of drug-likeness (QED) is 0.103. The lowest BCUT2D eigenvalue weighted by Crippen LogP contribution is -2.69. The Kier molecular flexibility index (Phi) is 13.3. The third-order valence-electron chi connectivity index (χ3n) is 6.60. The Morgan fingerprint density at radius 2 is 1.55 bits per heavy atom. The number of amides is 5. The molecule has 42 heavy (non-hydrogen) atoms. The average molecular weight is 595 g/mol. The predicted octanol–water partition coefficient (Wildman–Crippen LogP) is -3.49. The molecule has 1 heterocycles. The molecule has 0 saturated carbocycles. The molecule has 8 atom stereocenters. The Morgan fingerprint density at radius 1 is 0.929 bits per heavy atom. The van der Waals surface area contributed by atoms with Crippen molar-refractivity contribution < 1.29 is 44.0 Å². The molecule has 15 nitrogen and oxygen atoms in total. The lowest BCUT2D eigenvalue weighted by atomic mass is 9.95. The summed E-state index contributed by atoms with van der Waals surface area (Å²) in [6.45, 7) is 4.19. The summed E-state index contributed by atoms with van der Waals surface area (Å²) in [6, 6.07) is 3.61. The summed E-state index contributed by atoms with van der Waals surface area (Å²) in [5.41, 5.74) is 11.9. The lowest BCUT2D eigenvalue weighted by Gasteiger charge is -2.43. The highest BCUT2D eigenvalue weighted by Crippen LogP contribution is 2.20. The number of rotatable bonds is 14. The molecular formula is C27H42N6O9. The molecular weight excluding hydrogens is 552 g/mol. The Balaban J connectivity index is 2.31. The van der Waals surface area contributed by atoms with E-state index in [1.165, 1.54) is 0 Å². The largest absolute Gasteiger partial charge is 0.394 e. The van der Waals surface area contributed by atoms with Gasteiger partial charge in [-0.2, -0.15) is 0 Å². The van der Waals surface area contributed by atoms with Crippen LogP contribution in [0.2, 0.25) is 0 Å². The van der Waals surface area contributed by atoms with E-state index in [2.05, 4.69) is 21.3 Å². The van der Waals surface area contributed by atoms with Gasteiger partial charge in [0.05, 0.1) is 19.1 Å². The molecule has 2 rings (SSSR count). The van der Waals surface area contributed by atoms with E-state index in [4.69, 9.17) is 16.2 Å². The van der Waals surface area contributed by atoms with Crippen LogP contribution in [-0.2, 0) is 35.1 Å². The standard InChI is InChI=1S/C27H42N6O9/c1-13(2)9-16(28)24(39)31-18(11-20(29)36)25(40)32-17(10-15-7-5-4-6-8-15)26(41)33-27-21(30-14(3)35)23(38)22(37)19(12-34)42-27/h4-8,13,16-19,21-23,27,34,37-38H,9-12,28H2,1-3H3,(H2,29,36)(H,30,35)(H,31,39)(H,32,40)(H,33,41)/t16-,17-,18-,19-,21-,22-,23-,27-/m0/s1. The topological polar surface area (TPSA) is 255 Å². The minimum absolute atomic E-state index is 0.0470. The smallest absolute Gasteiger partial charge is 0.244 e. The molecule has 1 aliphatic heterocycles. The van der Waals surface area contributed by atoms with Crippen molar-refractivity contribution in [2.75, 3.05) is 6.61 Å². The summed E-state index contributed by atoms with van der Waals surface area (Å²) in [4.78, 5) is 63.0. The Labute approximate surface area is 243 Å². The van der Waals surface area contributed by atoms with Crippen LogP contribution in [0.25, 0.3) is 0 Å². The van der Waals surface area contributed by atoms with E-state index < -0.39 is 91.3 Å². The second-order valence-electron chi connectivity index (χ2n) is 10.7. The van der Waals surface area contributed by atoms with Gasteiger partial charge >= 0.3 is 0 Å². The van der Waals surface area contributed by atoms with Crippen LogP contribution >= 0.6 is 0 Å². The monoisotopic (exact) mass is 594 g/mol. The van der Waals surface area contributed by atoms with E-state index in [-0.39, 0.29) is 12.3 Å². The van der Waals surface area contributed by atoms with Crippen LogP contribution in [0, 0.1) is 5.92 Å². The van der Waals surface area contributed by atoms with Gasteiger partial charge in [-0.05, 0) is 17.9 Å². The van der Waals surface area contributed by atoms with Crippen molar-refractivity contribution in [3.63, 3.8) is 0 Å². The van der Waals surface area contributed by atoms with Gasteiger partial charge in [0.15, 0.2) is 6.23 Å². The number of carbonyl (C=O) groups is 5. The molecule has 1 aromatic rings. The van der Waals surface area contributed by atoms with Gasteiger partial charge in [0, 0.05) is 13.3 Å². The molecule has 5 amide bonds. The molecule has 0 radical (unpaired) electrons. The van der Waals surface area contributed by atoms with Crippen molar-refractivity contribution >= 4 is 29.5 Å². The van der Waals surface area contributed by atoms with Crippen molar-refractivity contribution in [2.45, 2.75) is 88.7 Å². The van der Waals surface area contributed by atoms with Crippen LogP contribution in [0.15, 0.2) is 30.3 Å². The van der Waals surface area contributed by atoms with Crippen LogP contribution in [0.1, 0.15) is 39.2 Å². The summed E-state index contributed by atoms with van der Waals surface area (Å²) < 4.78 is 5.57. The van der Waals surface area contributed by atoms with Crippen LogP contribution in [0.3, 0.4) is 0 Å². The second kappa shape index (κ2) is 16.1. The van der Waals surface area contributed by atoms with Gasteiger partial charge < -0.3 is 52.8 Å². The van der Waals surface area contributed by atoms with Crippen molar-refractivity contribution in [3.05, 3.63) is 35.9 Å². The van der Waals surface area contributed by atoms with E-state index in [1.807, 2.05) is 13.8 Å². The highest BCUT2D eigenvalue weighted by Gasteiger charge is 2.46. The molecule has 0 aromatic heterocycles. The molecule has 234 valence electrons. The molecule has 1 aromatic carbocycles. The maximum Gasteiger partial charge on any atom is 0.244 e. The zero-order valence-corrected chi connectivity index (χ0v) is 23.9. The fourth-order valence-electron chi connectivity index (χ4n) is 4.51. The molecule has 0 spiro atoms. The van der Waals surface area contributed by atoms with E-state index in [0.717, 1.165) is 6.92 Å². The van der Waals surface area contributed by atoms with Crippen molar-refractivity contribution in [2.24, 2.45) is 17.4 Å². The van der Waals surface area contributed by atoms with E-state index in [1.54, 1.807) is 30.3 Å². The Morgan fingerprint density at radius 3 is 2.10 bits per heavy atom. The number of nitrogens with one attached hydrogen (secondary N) is 4. The number of aliphatic hydroxyl groups excluding tert-OH is 3. The third kappa shape index (κ3) is 10.3. The Hall–Kier alpha value is -3.63. The van der Waals surface area contributed by atoms with Crippen LogP contribution in [0.5, 0.6) is 0 Å². The number of nitrogens with two attached hydrogens (primary N) is 2. The minimum atomic E-state index is -1.61. The zero-order valence-electron chi connectivity index (χ0n) is 23.9. The van der Waals surface area contributed by atoms with Gasteiger partial charge in [-0.15, -0.1) is 0 Å². The molecule has 15 heteroatoms. The Bertz CT molecular complexity index is 1090. The first-order valence-corrected chi connectivity index (χ1v) is 13.6. The fraction of sp³-hybridized carbons (Fsp3) is 0.593. The first-order chi connectivity index (χ1) is 19.7.